The molecule has 5 heteroatoms. The van der Waals surface area contributed by atoms with Crippen molar-refractivity contribution in [1.29, 1.82) is 0 Å². The van der Waals surface area contributed by atoms with E-state index in [1.807, 2.05) is 20.8 Å². The maximum absolute atomic E-state index is 13.2. The van der Waals surface area contributed by atoms with Gasteiger partial charge in [-0.3, -0.25) is 0 Å². The molecule has 0 aliphatic heterocycles. The first-order valence-corrected chi connectivity index (χ1v) is 7.96. The van der Waals surface area contributed by atoms with Gasteiger partial charge in [-0.15, -0.1) is 11.8 Å². The Kier molecular flexibility index (Phi) is 4.37. The molecular weight excluding hydrogens is 297 g/mol. The van der Waals surface area contributed by atoms with Crippen LogP contribution in [0.15, 0.2) is 23.1 Å². The van der Waals surface area contributed by atoms with Crippen LogP contribution >= 0.6 is 11.8 Å². The molecule has 1 nitrogen and oxygen atoms in total. The van der Waals surface area contributed by atoms with Crippen LogP contribution in [-0.2, 0) is 11.8 Å². The summed E-state index contributed by atoms with van der Waals surface area (Å²) >= 11 is 1.19. The summed E-state index contributed by atoms with van der Waals surface area (Å²) in [7, 11) is 0. The van der Waals surface area contributed by atoms with Gasteiger partial charge in [-0.2, -0.15) is 13.2 Å². The van der Waals surface area contributed by atoms with Gasteiger partial charge < -0.3 is 5.11 Å². The fourth-order valence-corrected chi connectivity index (χ4v) is 3.85. The van der Waals surface area contributed by atoms with Gasteiger partial charge in [0.05, 0.1) is 11.2 Å². The van der Waals surface area contributed by atoms with Gasteiger partial charge in [0.15, 0.2) is 0 Å². The van der Waals surface area contributed by atoms with Crippen LogP contribution < -0.4 is 0 Å². The minimum atomic E-state index is -4.37. The van der Waals surface area contributed by atoms with Crippen LogP contribution in [0.2, 0.25) is 0 Å². The predicted octanol–water partition coefficient (Wildman–Crippen LogP) is 5.36. The van der Waals surface area contributed by atoms with Crippen molar-refractivity contribution in [3.63, 3.8) is 0 Å². The largest absolute Gasteiger partial charge is 0.417 e. The van der Waals surface area contributed by atoms with E-state index in [0.717, 1.165) is 18.9 Å². The fraction of sp³-hybridized carbons (Fsp3) is 0.625. The lowest BCUT2D eigenvalue weighted by Gasteiger charge is -2.26. The zero-order valence-electron chi connectivity index (χ0n) is 12.5. The Morgan fingerprint density at radius 1 is 1.10 bits per heavy atom. The molecule has 0 bridgehead atoms. The zero-order valence-corrected chi connectivity index (χ0v) is 13.4. The highest BCUT2D eigenvalue weighted by atomic mass is 32.2. The summed E-state index contributed by atoms with van der Waals surface area (Å²) < 4.78 is 39.1. The third-order valence-corrected chi connectivity index (χ3v) is 4.84. The third kappa shape index (κ3) is 3.95. The topological polar surface area (TPSA) is 20.2 Å². The highest BCUT2D eigenvalue weighted by Gasteiger charge is 2.38. The molecule has 0 aromatic heterocycles. The van der Waals surface area contributed by atoms with Crippen molar-refractivity contribution < 1.29 is 18.3 Å². The van der Waals surface area contributed by atoms with Crippen LogP contribution in [0.1, 0.15) is 57.6 Å². The second-order valence-electron chi connectivity index (χ2n) is 6.66. The van der Waals surface area contributed by atoms with Crippen molar-refractivity contribution >= 4 is 11.8 Å². The van der Waals surface area contributed by atoms with Crippen LogP contribution in [0.25, 0.3) is 0 Å². The number of hydrogen-bond donors (Lipinski definition) is 1. The predicted molar refractivity (Wildman–Crippen MR) is 79.4 cm³/mol. The van der Waals surface area contributed by atoms with Crippen molar-refractivity contribution in [2.24, 2.45) is 0 Å². The highest BCUT2D eigenvalue weighted by molar-refractivity contribution is 8.00. The van der Waals surface area contributed by atoms with E-state index < -0.39 is 17.3 Å². The smallest absolute Gasteiger partial charge is 0.385 e. The maximum atomic E-state index is 13.2. The number of benzene rings is 1. The average Bonchev–Trinajstić information content (AvgIpc) is 2.73. The molecular formula is C16H21F3OS. The van der Waals surface area contributed by atoms with Crippen LogP contribution in [-0.4, -0.2) is 9.85 Å². The molecule has 2 rings (SSSR count). The normalized spacial score (nSPS) is 19.0. The summed E-state index contributed by atoms with van der Waals surface area (Å²) in [5.74, 6) is 0. The number of rotatable bonds is 2. The standard InChI is InChI=1S/C16H21F3OS/c1-14(2,3)21-13-10-11(15(20)8-4-5-9-15)6-7-12(13)16(17,18)19/h6-7,10,20H,4-5,8-9H2,1-3H3. The average molecular weight is 318 g/mol. The lowest BCUT2D eigenvalue weighted by atomic mass is 9.91. The molecule has 1 aliphatic carbocycles. The van der Waals surface area contributed by atoms with Crippen LogP contribution in [0.4, 0.5) is 13.2 Å². The summed E-state index contributed by atoms with van der Waals surface area (Å²) in [5, 5.41) is 10.6. The molecule has 1 saturated carbocycles. The van der Waals surface area contributed by atoms with Gasteiger partial charge in [0, 0.05) is 9.64 Å². The van der Waals surface area contributed by atoms with E-state index in [2.05, 4.69) is 0 Å². The Morgan fingerprint density at radius 2 is 1.67 bits per heavy atom. The number of alkyl halides is 3. The molecule has 1 aromatic carbocycles. The molecule has 118 valence electrons. The van der Waals surface area contributed by atoms with E-state index in [0.29, 0.717) is 18.4 Å². The highest BCUT2D eigenvalue weighted by Crippen LogP contribution is 2.45. The van der Waals surface area contributed by atoms with E-state index >= 15 is 0 Å². The Balaban J connectivity index is 2.46. The second kappa shape index (κ2) is 5.51. The van der Waals surface area contributed by atoms with Crippen LogP contribution in [0.3, 0.4) is 0 Å². The van der Waals surface area contributed by atoms with Gasteiger partial charge in [0.2, 0.25) is 0 Å². The third-order valence-electron chi connectivity index (χ3n) is 3.67. The lowest BCUT2D eigenvalue weighted by Crippen LogP contribution is -2.22. The molecule has 0 saturated heterocycles. The van der Waals surface area contributed by atoms with Crippen molar-refractivity contribution in [2.75, 3.05) is 0 Å². The summed E-state index contributed by atoms with van der Waals surface area (Å²) in [6.45, 7) is 5.65. The summed E-state index contributed by atoms with van der Waals surface area (Å²) in [5.41, 5.74) is -0.968. The molecule has 21 heavy (non-hydrogen) atoms. The molecule has 0 amide bonds. The number of aliphatic hydroxyl groups is 1. The van der Waals surface area contributed by atoms with Crippen molar-refractivity contribution in [3.8, 4) is 0 Å². The van der Waals surface area contributed by atoms with E-state index in [-0.39, 0.29) is 9.64 Å². The van der Waals surface area contributed by atoms with Crippen molar-refractivity contribution in [3.05, 3.63) is 29.3 Å². The Morgan fingerprint density at radius 3 is 2.14 bits per heavy atom. The molecule has 0 unspecified atom stereocenters. The van der Waals surface area contributed by atoms with Gasteiger partial charge >= 0.3 is 6.18 Å². The van der Waals surface area contributed by atoms with Crippen LogP contribution in [0.5, 0.6) is 0 Å². The number of thioether (sulfide) groups is 1. The summed E-state index contributed by atoms with van der Waals surface area (Å²) in [6.07, 6.45) is -1.29. The molecule has 1 fully saturated rings. The Labute approximate surface area is 127 Å². The van der Waals surface area contributed by atoms with E-state index in [4.69, 9.17) is 0 Å². The minimum absolute atomic E-state index is 0.202. The molecule has 0 radical (unpaired) electrons. The van der Waals surface area contributed by atoms with Crippen LogP contribution in [0, 0.1) is 0 Å². The van der Waals surface area contributed by atoms with E-state index in [1.54, 1.807) is 0 Å². The molecule has 1 aromatic rings. The minimum Gasteiger partial charge on any atom is -0.385 e. The summed E-state index contributed by atoms with van der Waals surface area (Å²) in [4.78, 5) is 0.202. The van der Waals surface area contributed by atoms with Gasteiger partial charge in [0.25, 0.3) is 0 Å². The van der Waals surface area contributed by atoms with E-state index in [9.17, 15) is 18.3 Å². The molecule has 1 aliphatic rings. The lowest BCUT2D eigenvalue weighted by molar-refractivity contribution is -0.139. The molecule has 0 atom stereocenters. The number of hydrogen-bond acceptors (Lipinski definition) is 2. The van der Waals surface area contributed by atoms with Gasteiger partial charge in [-0.1, -0.05) is 39.7 Å². The van der Waals surface area contributed by atoms with Crippen molar-refractivity contribution in [2.45, 2.75) is 67.9 Å². The van der Waals surface area contributed by atoms with E-state index in [1.165, 1.54) is 23.9 Å². The maximum Gasteiger partial charge on any atom is 0.417 e. The Hall–Kier alpha value is -0.680. The first-order chi connectivity index (χ1) is 9.51. The first-order valence-electron chi connectivity index (χ1n) is 7.14. The summed E-state index contributed by atoms with van der Waals surface area (Å²) in [6, 6.07) is 4.07. The molecule has 0 heterocycles. The second-order valence-corrected chi connectivity index (χ2v) is 8.53. The van der Waals surface area contributed by atoms with Crippen molar-refractivity contribution in [1.82, 2.24) is 0 Å². The first kappa shape index (κ1) is 16.7. The zero-order chi connectivity index (χ0) is 15.9. The quantitative estimate of drug-likeness (QED) is 0.741. The van der Waals surface area contributed by atoms with Gasteiger partial charge in [-0.25, -0.2) is 0 Å². The fourth-order valence-electron chi connectivity index (χ4n) is 2.71. The van der Waals surface area contributed by atoms with Gasteiger partial charge in [-0.05, 0) is 30.5 Å². The molecule has 1 N–H and O–H groups in total. The Bertz CT molecular complexity index is 511. The SMILES string of the molecule is CC(C)(C)Sc1cc(C2(O)CCCC2)ccc1C(F)(F)F. The monoisotopic (exact) mass is 318 g/mol. The number of halogens is 3. The molecule has 0 spiro atoms. The van der Waals surface area contributed by atoms with Gasteiger partial charge in [0.1, 0.15) is 0 Å².